The minimum atomic E-state index is -0.0766. The molecule has 1 N–H and O–H groups in total. The summed E-state index contributed by atoms with van der Waals surface area (Å²) >= 11 is 4.66. The van der Waals surface area contributed by atoms with Crippen molar-refractivity contribution in [1.82, 2.24) is 5.32 Å². The van der Waals surface area contributed by atoms with Crippen molar-refractivity contribution in [3.63, 3.8) is 0 Å². The maximum absolute atomic E-state index is 4.66. The highest BCUT2D eigenvalue weighted by molar-refractivity contribution is 7.82. The third-order valence-corrected chi connectivity index (χ3v) is 4.43. The number of nitrogens with one attached hydrogen (secondary N) is 1. The van der Waals surface area contributed by atoms with Crippen molar-refractivity contribution >= 4 is 12.6 Å². The zero-order chi connectivity index (χ0) is 15.7. The van der Waals surface area contributed by atoms with Crippen LogP contribution in [0.25, 0.3) is 0 Å². The van der Waals surface area contributed by atoms with E-state index in [0.29, 0.717) is 0 Å². The van der Waals surface area contributed by atoms with E-state index in [2.05, 4.69) is 101 Å². The van der Waals surface area contributed by atoms with Crippen molar-refractivity contribution in [1.29, 1.82) is 0 Å². The molecule has 1 aromatic rings. The summed E-state index contributed by atoms with van der Waals surface area (Å²) < 4.78 is -0.0766. The standard InChI is InChI=1S/C19H27NS/c1-17(2,15-9-7-6-8-10-15)20-19(5)13-11-16(12-14-19)18(3,4)21/h6-13,20-21H,14H2,1-5H3. The van der Waals surface area contributed by atoms with Crippen molar-refractivity contribution in [3.05, 3.63) is 59.7 Å². The molecule has 2 rings (SSSR count). The Morgan fingerprint density at radius 3 is 2.19 bits per heavy atom. The van der Waals surface area contributed by atoms with E-state index >= 15 is 0 Å². The second-order valence-electron chi connectivity index (χ2n) is 7.29. The van der Waals surface area contributed by atoms with Gasteiger partial charge < -0.3 is 0 Å². The van der Waals surface area contributed by atoms with Gasteiger partial charge in [-0.05, 0) is 52.2 Å². The lowest BCUT2D eigenvalue weighted by molar-refractivity contribution is 0.294. The molecule has 0 bridgehead atoms. The molecule has 1 unspecified atom stereocenters. The molecule has 1 aromatic carbocycles. The second kappa shape index (κ2) is 5.66. The first-order valence-corrected chi connectivity index (χ1v) is 8.04. The highest BCUT2D eigenvalue weighted by Crippen LogP contribution is 2.33. The van der Waals surface area contributed by atoms with Gasteiger partial charge in [0.1, 0.15) is 0 Å². The van der Waals surface area contributed by atoms with Crippen LogP contribution in [0.5, 0.6) is 0 Å². The van der Waals surface area contributed by atoms with E-state index in [1.807, 2.05) is 0 Å². The lowest BCUT2D eigenvalue weighted by Gasteiger charge is -2.40. The number of hydrogen-bond acceptors (Lipinski definition) is 2. The SMILES string of the molecule is CC1(NC(C)(C)c2ccccc2)C=CC(C(C)(C)S)=CC1. The van der Waals surface area contributed by atoms with E-state index in [0.717, 1.165) is 6.42 Å². The highest BCUT2D eigenvalue weighted by Gasteiger charge is 2.32. The van der Waals surface area contributed by atoms with Crippen molar-refractivity contribution in [2.45, 2.75) is 56.9 Å². The molecule has 0 radical (unpaired) electrons. The Morgan fingerprint density at radius 1 is 1.10 bits per heavy atom. The summed E-state index contributed by atoms with van der Waals surface area (Å²) in [5, 5.41) is 3.80. The number of thiol groups is 1. The van der Waals surface area contributed by atoms with Gasteiger partial charge in [0.05, 0.1) is 0 Å². The molecule has 114 valence electrons. The largest absolute Gasteiger partial charge is 0.299 e. The molecule has 0 saturated carbocycles. The van der Waals surface area contributed by atoms with Crippen LogP contribution in [-0.4, -0.2) is 10.3 Å². The van der Waals surface area contributed by atoms with Crippen LogP contribution in [0, 0.1) is 0 Å². The van der Waals surface area contributed by atoms with Gasteiger partial charge in [-0.3, -0.25) is 5.32 Å². The Bertz CT molecular complexity index is 549. The van der Waals surface area contributed by atoms with Gasteiger partial charge >= 0.3 is 0 Å². The van der Waals surface area contributed by atoms with E-state index in [4.69, 9.17) is 0 Å². The molecule has 1 aliphatic carbocycles. The van der Waals surface area contributed by atoms with Crippen molar-refractivity contribution in [3.8, 4) is 0 Å². The monoisotopic (exact) mass is 301 g/mol. The minimum Gasteiger partial charge on any atom is -0.299 e. The van der Waals surface area contributed by atoms with Gasteiger partial charge in [-0.2, -0.15) is 12.6 Å². The lowest BCUT2D eigenvalue weighted by atomic mass is 9.83. The van der Waals surface area contributed by atoms with Gasteiger partial charge in [-0.15, -0.1) is 0 Å². The zero-order valence-electron chi connectivity index (χ0n) is 13.8. The average Bonchev–Trinajstić information content (AvgIpc) is 2.38. The molecular weight excluding hydrogens is 274 g/mol. The van der Waals surface area contributed by atoms with Crippen LogP contribution in [0.4, 0.5) is 0 Å². The van der Waals surface area contributed by atoms with E-state index in [1.54, 1.807) is 0 Å². The molecule has 2 heteroatoms. The van der Waals surface area contributed by atoms with Crippen LogP contribution in [0.1, 0.15) is 46.6 Å². The van der Waals surface area contributed by atoms with Gasteiger partial charge in [0.25, 0.3) is 0 Å². The Morgan fingerprint density at radius 2 is 1.71 bits per heavy atom. The van der Waals surface area contributed by atoms with Gasteiger partial charge in [-0.1, -0.05) is 48.6 Å². The summed E-state index contributed by atoms with van der Waals surface area (Å²) in [7, 11) is 0. The smallest absolute Gasteiger partial charge is 0.0384 e. The maximum Gasteiger partial charge on any atom is 0.0384 e. The van der Waals surface area contributed by atoms with Crippen LogP contribution in [-0.2, 0) is 5.54 Å². The molecule has 0 saturated heterocycles. The van der Waals surface area contributed by atoms with Crippen LogP contribution < -0.4 is 5.32 Å². The van der Waals surface area contributed by atoms with E-state index in [1.165, 1.54) is 11.1 Å². The molecule has 0 heterocycles. The molecular formula is C19H27NS. The van der Waals surface area contributed by atoms with Crippen LogP contribution in [0.2, 0.25) is 0 Å². The summed E-state index contributed by atoms with van der Waals surface area (Å²) in [6.45, 7) is 11.0. The molecule has 0 spiro atoms. The Balaban J connectivity index is 2.14. The first-order valence-electron chi connectivity index (χ1n) is 7.60. The number of benzene rings is 1. The fraction of sp³-hybridized carbons (Fsp3) is 0.474. The number of allylic oxidation sites excluding steroid dienone is 1. The predicted molar refractivity (Wildman–Crippen MR) is 95.9 cm³/mol. The van der Waals surface area contributed by atoms with Gasteiger partial charge in [0.2, 0.25) is 0 Å². The fourth-order valence-corrected chi connectivity index (χ4v) is 3.08. The summed E-state index contributed by atoms with van der Waals surface area (Å²) in [6, 6.07) is 10.6. The van der Waals surface area contributed by atoms with Crippen molar-refractivity contribution < 1.29 is 0 Å². The molecule has 21 heavy (non-hydrogen) atoms. The van der Waals surface area contributed by atoms with Gasteiger partial charge in [0.15, 0.2) is 0 Å². The fourth-order valence-electron chi connectivity index (χ4n) is 2.92. The predicted octanol–water partition coefficient (Wildman–Crippen LogP) is 4.86. The van der Waals surface area contributed by atoms with Gasteiger partial charge in [0, 0.05) is 15.8 Å². The number of rotatable bonds is 4. The first kappa shape index (κ1) is 16.4. The average molecular weight is 301 g/mol. The van der Waals surface area contributed by atoms with Crippen LogP contribution >= 0.6 is 12.6 Å². The molecule has 1 aliphatic rings. The van der Waals surface area contributed by atoms with Crippen LogP contribution in [0.15, 0.2) is 54.1 Å². The normalized spacial score (nSPS) is 23.0. The third kappa shape index (κ3) is 4.02. The molecule has 0 aliphatic heterocycles. The quantitative estimate of drug-likeness (QED) is 0.756. The van der Waals surface area contributed by atoms with Gasteiger partial charge in [-0.25, -0.2) is 0 Å². The Hall–Kier alpha value is -0.990. The molecule has 0 amide bonds. The summed E-state index contributed by atoms with van der Waals surface area (Å²) in [5.74, 6) is 0. The van der Waals surface area contributed by atoms with Crippen molar-refractivity contribution in [2.24, 2.45) is 0 Å². The molecule has 1 nitrogen and oxygen atoms in total. The molecule has 0 aromatic heterocycles. The lowest BCUT2D eigenvalue weighted by Crippen LogP contribution is -2.51. The topological polar surface area (TPSA) is 12.0 Å². The maximum atomic E-state index is 4.66. The zero-order valence-corrected chi connectivity index (χ0v) is 14.7. The highest BCUT2D eigenvalue weighted by atomic mass is 32.1. The number of hydrogen-bond donors (Lipinski definition) is 2. The van der Waals surface area contributed by atoms with E-state index in [-0.39, 0.29) is 15.8 Å². The summed E-state index contributed by atoms with van der Waals surface area (Å²) in [4.78, 5) is 0. The molecule has 1 atom stereocenters. The molecule has 0 fully saturated rings. The summed E-state index contributed by atoms with van der Waals surface area (Å²) in [6.07, 6.45) is 7.79. The Kier molecular flexibility index (Phi) is 4.41. The van der Waals surface area contributed by atoms with E-state index < -0.39 is 0 Å². The van der Waals surface area contributed by atoms with Crippen molar-refractivity contribution in [2.75, 3.05) is 0 Å². The minimum absolute atomic E-state index is 0.0259. The Labute approximate surface area is 134 Å². The third-order valence-electron chi connectivity index (χ3n) is 4.18. The first-order chi connectivity index (χ1) is 9.62. The summed E-state index contributed by atoms with van der Waals surface area (Å²) in [5.41, 5.74) is 2.51. The second-order valence-corrected chi connectivity index (χ2v) is 8.41. The van der Waals surface area contributed by atoms with E-state index in [9.17, 15) is 0 Å². The van der Waals surface area contributed by atoms with Crippen LogP contribution in [0.3, 0.4) is 0 Å².